The van der Waals surface area contributed by atoms with E-state index in [2.05, 4.69) is 12.6 Å². The first-order valence-corrected chi connectivity index (χ1v) is 3.66. The quantitative estimate of drug-likeness (QED) is 0.547. The summed E-state index contributed by atoms with van der Waals surface area (Å²) in [6, 6.07) is 0. The Bertz CT molecular complexity index is 168. The minimum atomic E-state index is -1.19. The maximum atomic E-state index is 10.4. The van der Waals surface area contributed by atoms with Crippen LogP contribution in [0.4, 0.5) is 0 Å². The highest BCUT2D eigenvalue weighted by atomic mass is 32.1. The largest absolute Gasteiger partial charge is 0.481 e. The summed E-state index contributed by atoms with van der Waals surface area (Å²) in [4.78, 5) is 20.6. The van der Waals surface area contributed by atoms with E-state index in [9.17, 15) is 9.59 Å². The fourth-order valence-corrected chi connectivity index (χ4v) is 1.04. The van der Waals surface area contributed by atoms with Crippen LogP contribution in [0.5, 0.6) is 0 Å². The van der Waals surface area contributed by atoms with Gasteiger partial charge in [-0.3, -0.25) is 9.59 Å². The molecule has 0 aliphatic rings. The summed E-state index contributed by atoms with van der Waals surface area (Å²) in [6.07, 6.45) is 0.274. The molecule has 0 spiro atoms. The second-order valence-corrected chi connectivity index (χ2v) is 2.69. The monoisotopic (exact) mass is 178 g/mol. The molecule has 0 saturated heterocycles. The number of hydrogen-bond acceptors (Lipinski definition) is 3. The summed E-state index contributed by atoms with van der Waals surface area (Å²) < 4.78 is 0. The molecule has 5 heteroatoms. The van der Waals surface area contributed by atoms with E-state index in [4.69, 9.17) is 10.2 Å². The Labute approximate surface area is 69.6 Å². The Kier molecular flexibility index (Phi) is 3.95. The zero-order valence-corrected chi connectivity index (χ0v) is 6.91. The first-order valence-electron chi connectivity index (χ1n) is 3.14. The molecule has 2 N–H and O–H groups in total. The summed E-state index contributed by atoms with van der Waals surface area (Å²) in [7, 11) is 0. The van der Waals surface area contributed by atoms with Crippen molar-refractivity contribution in [3.63, 3.8) is 0 Å². The van der Waals surface area contributed by atoms with Crippen molar-refractivity contribution < 1.29 is 19.8 Å². The average Bonchev–Trinajstić information content (AvgIpc) is 1.88. The molecule has 11 heavy (non-hydrogen) atoms. The van der Waals surface area contributed by atoms with Gasteiger partial charge in [-0.05, 0) is 6.42 Å². The number of aliphatic carboxylic acids is 2. The van der Waals surface area contributed by atoms with Crippen molar-refractivity contribution >= 4 is 24.6 Å². The number of carboxylic acid groups (broad SMARTS) is 2. The molecular weight excluding hydrogens is 168 g/mol. The van der Waals surface area contributed by atoms with E-state index in [-0.39, 0.29) is 6.42 Å². The molecule has 0 aromatic carbocycles. The number of carbonyl (C=O) groups is 2. The van der Waals surface area contributed by atoms with Gasteiger partial charge in [-0.15, -0.1) is 0 Å². The van der Waals surface area contributed by atoms with Crippen LogP contribution in [0, 0.1) is 5.92 Å². The summed E-state index contributed by atoms with van der Waals surface area (Å²) in [5.41, 5.74) is 0. The zero-order valence-electron chi connectivity index (χ0n) is 6.02. The van der Waals surface area contributed by atoms with Crippen LogP contribution >= 0.6 is 12.6 Å². The maximum absolute atomic E-state index is 10.4. The number of rotatable bonds is 4. The number of carboxylic acids is 2. The minimum Gasteiger partial charge on any atom is -0.481 e. The van der Waals surface area contributed by atoms with Gasteiger partial charge in [0.1, 0.15) is 5.25 Å². The van der Waals surface area contributed by atoms with E-state index in [1.165, 1.54) is 0 Å². The van der Waals surface area contributed by atoms with Crippen molar-refractivity contribution in [2.45, 2.75) is 18.6 Å². The van der Waals surface area contributed by atoms with Gasteiger partial charge >= 0.3 is 11.9 Å². The predicted octanol–water partition coefficient (Wildman–Crippen LogP) is 0.480. The lowest BCUT2D eigenvalue weighted by atomic mass is 10.0. The van der Waals surface area contributed by atoms with Gasteiger partial charge in [-0.2, -0.15) is 12.6 Å². The summed E-state index contributed by atoms with van der Waals surface area (Å²) in [6.45, 7) is 1.62. The van der Waals surface area contributed by atoms with Crippen molar-refractivity contribution in [2.75, 3.05) is 0 Å². The first kappa shape index (κ1) is 10.3. The van der Waals surface area contributed by atoms with Crippen LogP contribution in [0.1, 0.15) is 13.3 Å². The van der Waals surface area contributed by atoms with Crippen LogP contribution in [0.2, 0.25) is 0 Å². The number of thiol groups is 1. The molecule has 0 amide bonds. The normalized spacial score (nSPS) is 15.5. The first-order chi connectivity index (χ1) is 5.00. The Morgan fingerprint density at radius 2 is 1.82 bits per heavy atom. The van der Waals surface area contributed by atoms with Crippen LogP contribution in [0.15, 0.2) is 0 Å². The van der Waals surface area contributed by atoms with Gasteiger partial charge in [0.2, 0.25) is 0 Å². The zero-order chi connectivity index (χ0) is 9.02. The van der Waals surface area contributed by atoms with Gasteiger partial charge < -0.3 is 10.2 Å². The molecule has 64 valence electrons. The molecule has 0 radical (unpaired) electrons. The minimum absolute atomic E-state index is 0.274. The van der Waals surface area contributed by atoms with Gasteiger partial charge in [0.25, 0.3) is 0 Å². The van der Waals surface area contributed by atoms with E-state index in [0.29, 0.717) is 0 Å². The highest BCUT2D eigenvalue weighted by Gasteiger charge is 2.28. The lowest BCUT2D eigenvalue weighted by Crippen LogP contribution is -2.30. The molecule has 4 nitrogen and oxygen atoms in total. The molecule has 0 aliphatic heterocycles. The number of hydrogen-bond donors (Lipinski definition) is 3. The third kappa shape index (κ3) is 2.80. The molecule has 0 heterocycles. The van der Waals surface area contributed by atoms with Crippen molar-refractivity contribution in [2.24, 2.45) is 5.92 Å². The van der Waals surface area contributed by atoms with E-state index >= 15 is 0 Å². The highest BCUT2D eigenvalue weighted by Crippen LogP contribution is 2.14. The van der Waals surface area contributed by atoms with E-state index in [1.807, 2.05) is 0 Å². The summed E-state index contributed by atoms with van der Waals surface area (Å²) in [5.74, 6) is -3.21. The van der Waals surface area contributed by atoms with E-state index in [1.54, 1.807) is 6.92 Å². The van der Waals surface area contributed by atoms with E-state index < -0.39 is 23.1 Å². The maximum Gasteiger partial charge on any atom is 0.317 e. The van der Waals surface area contributed by atoms with Crippen LogP contribution in [-0.2, 0) is 9.59 Å². The van der Waals surface area contributed by atoms with Crippen molar-refractivity contribution in [3.05, 3.63) is 0 Å². The Balaban J connectivity index is 4.25. The Morgan fingerprint density at radius 3 is 1.91 bits per heavy atom. The van der Waals surface area contributed by atoms with Crippen LogP contribution in [-0.4, -0.2) is 27.4 Å². The van der Waals surface area contributed by atoms with E-state index in [0.717, 1.165) is 0 Å². The lowest BCUT2D eigenvalue weighted by molar-refractivity contribution is -0.147. The molecule has 0 aromatic heterocycles. The smallest absolute Gasteiger partial charge is 0.317 e. The molecule has 2 atom stereocenters. The van der Waals surface area contributed by atoms with Crippen molar-refractivity contribution in [1.82, 2.24) is 0 Å². The molecule has 0 rings (SSSR count). The van der Waals surface area contributed by atoms with Gasteiger partial charge in [-0.1, -0.05) is 6.92 Å². The van der Waals surface area contributed by atoms with Crippen molar-refractivity contribution in [3.8, 4) is 0 Å². The molecule has 0 aliphatic carbocycles. The summed E-state index contributed by atoms with van der Waals surface area (Å²) >= 11 is 3.66. The Hall–Kier alpha value is -0.710. The fraction of sp³-hybridized carbons (Fsp3) is 0.667. The Morgan fingerprint density at radius 1 is 1.36 bits per heavy atom. The second-order valence-electron chi connectivity index (χ2n) is 2.14. The fourth-order valence-electron chi connectivity index (χ4n) is 0.705. The standard InChI is InChI=1S/C6H10O4S/c1-2-3(5(7)8)4(11)6(9)10/h3-4,11H,2H2,1H3,(H,7,8)(H,9,10). The topological polar surface area (TPSA) is 74.6 Å². The molecule has 0 aromatic rings. The summed E-state index contributed by atoms with van der Waals surface area (Å²) in [5, 5.41) is 15.8. The third-order valence-corrected chi connectivity index (χ3v) is 1.97. The van der Waals surface area contributed by atoms with Gasteiger partial charge in [-0.25, -0.2) is 0 Å². The molecule has 0 saturated carbocycles. The molecule has 2 unspecified atom stereocenters. The molecular formula is C6H10O4S. The molecule has 0 bridgehead atoms. The van der Waals surface area contributed by atoms with Gasteiger partial charge in [0.05, 0.1) is 5.92 Å². The second kappa shape index (κ2) is 4.23. The third-order valence-electron chi connectivity index (χ3n) is 1.39. The van der Waals surface area contributed by atoms with Gasteiger partial charge in [0.15, 0.2) is 0 Å². The highest BCUT2D eigenvalue weighted by molar-refractivity contribution is 7.81. The van der Waals surface area contributed by atoms with Crippen LogP contribution in [0.25, 0.3) is 0 Å². The van der Waals surface area contributed by atoms with Crippen LogP contribution in [0.3, 0.4) is 0 Å². The van der Waals surface area contributed by atoms with Gasteiger partial charge in [0, 0.05) is 0 Å². The molecule has 0 fully saturated rings. The lowest BCUT2D eigenvalue weighted by Gasteiger charge is -2.12. The average molecular weight is 178 g/mol. The van der Waals surface area contributed by atoms with Crippen LogP contribution < -0.4 is 0 Å². The predicted molar refractivity (Wildman–Crippen MR) is 41.8 cm³/mol. The van der Waals surface area contributed by atoms with Crippen molar-refractivity contribution in [1.29, 1.82) is 0 Å². The SMILES string of the molecule is CCC(C(=O)O)C(S)C(=O)O.